The first kappa shape index (κ1) is 21.5. The van der Waals surface area contributed by atoms with Gasteiger partial charge in [-0.15, -0.1) is 0 Å². The highest BCUT2D eigenvalue weighted by Crippen LogP contribution is 2.27. The molecule has 0 atom stereocenters. The number of nitrogens with one attached hydrogen (secondary N) is 1. The number of rotatable bonds is 5. The SMILES string of the molecule is Cc1nc(C)c(C#N)c(SCC(=O)Nc2cc(C(C)(C)C)nn2-c2ccccc2)n1. The Balaban J connectivity index is 1.82. The standard InChI is InChI=1S/C22H24N6OS/c1-14-17(12-23)21(25-15(2)24-14)30-13-20(29)26-19-11-18(22(3,4)5)27-28(19)16-9-7-6-8-10-16/h6-11H,13H2,1-5H3,(H,26,29). The van der Waals surface area contributed by atoms with Gasteiger partial charge in [0.25, 0.3) is 0 Å². The van der Waals surface area contributed by atoms with E-state index in [9.17, 15) is 10.1 Å². The van der Waals surface area contributed by atoms with Crippen LogP contribution in [0.15, 0.2) is 41.4 Å². The molecule has 0 spiro atoms. The number of para-hydroxylation sites is 1. The van der Waals surface area contributed by atoms with Crippen LogP contribution in [0.4, 0.5) is 5.82 Å². The normalized spacial score (nSPS) is 11.2. The smallest absolute Gasteiger partial charge is 0.235 e. The lowest BCUT2D eigenvalue weighted by Gasteiger charge is -2.14. The fourth-order valence-corrected chi connectivity index (χ4v) is 3.70. The van der Waals surface area contributed by atoms with Crippen molar-refractivity contribution in [3.05, 3.63) is 59.2 Å². The summed E-state index contributed by atoms with van der Waals surface area (Å²) < 4.78 is 1.74. The third-order valence-corrected chi connectivity index (χ3v) is 5.34. The number of carbonyl (C=O) groups excluding carboxylic acids is 1. The molecular formula is C22H24N6OS. The van der Waals surface area contributed by atoms with E-state index >= 15 is 0 Å². The van der Waals surface area contributed by atoms with Gasteiger partial charge in [-0.3, -0.25) is 4.79 Å². The van der Waals surface area contributed by atoms with Crippen LogP contribution < -0.4 is 5.32 Å². The van der Waals surface area contributed by atoms with E-state index in [2.05, 4.69) is 42.1 Å². The molecule has 1 N–H and O–H groups in total. The lowest BCUT2D eigenvalue weighted by atomic mass is 9.92. The average molecular weight is 421 g/mol. The number of carbonyl (C=O) groups is 1. The first-order valence-electron chi connectivity index (χ1n) is 9.53. The molecule has 3 aromatic rings. The monoisotopic (exact) mass is 420 g/mol. The van der Waals surface area contributed by atoms with E-state index < -0.39 is 0 Å². The number of benzene rings is 1. The van der Waals surface area contributed by atoms with Gasteiger partial charge in [-0.2, -0.15) is 10.4 Å². The Kier molecular flexibility index (Phi) is 6.22. The quantitative estimate of drug-likeness (QED) is 0.491. The van der Waals surface area contributed by atoms with E-state index in [0.717, 1.165) is 11.4 Å². The summed E-state index contributed by atoms with van der Waals surface area (Å²) in [5, 5.41) is 17.6. The second kappa shape index (κ2) is 8.67. The summed E-state index contributed by atoms with van der Waals surface area (Å²) in [5.41, 5.74) is 2.60. The zero-order valence-corrected chi connectivity index (χ0v) is 18.5. The largest absolute Gasteiger partial charge is 0.310 e. The molecule has 0 bridgehead atoms. The minimum Gasteiger partial charge on any atom is -0.310 e. The van der Waals surface area contributed by atoms with Gasteiger partial charge in [0, 0.05) is 11.5 Å². The molecule has 0 radical (unpaired) electrons. The van der Waals surface area contributed by atoms with E-state index in [1.165, 1.54) is 11.8 Å². The molecule has 8 heteroatoms. The molecule has 0 saturated carbocycles. The van der Waals surface area contributed by atoms with Gasteiger partial charge in [0.2, 0.25) is 5.91 Å². The zero-order valence-electron chi connectivity index (χ0n) is 17.7. The highest BCUT2D eigenvalue weighted by atomic mass is 32.2. The summed E-state index contributed by atoms with van der Waals surface area (Å²) in [6.45, 7) is 9.77. The van der Waals surface area contributed by atoms with E-state index in [-0.39, 0.29) is 17.1 Å². The molecule has 0 aliphatic heterocycles. The van der Waals surface area contributed by atoms with Crippen LogP contribution in [0.3, 0.4) is 0 Å². The Labute approximate surface area is 180 Å². The highest BCUT2D eigenvalue weighted by Gasteiger charge is 2.22. The molecule has 154 valence electrons. The summed E-state index contributed by atoms with van der Waals surface area (Å²) in [6.07, 6.45) is 0. The second-order valence-corrected chi connectivity index (χ2v) is 8.86. The number of hydrogen-bond donors (Lipinski definition) is 1. The van der Waals surface area contributed by atoms with E-state index in [4.69, 9.17) is 5.10 Å². The fraction of sp³-hybridized carbons (Fsp3) is 0.318. The van der Waals surface area contributed by atoms with Crippen LogP contribution in [0.5, 0.6) is 0 Å². The maximum atomic E-state index is 12.7. The topological polar surface area (TPSA) is 96.5 Å². The lowest BCUT2D eigenvalue weighted by molar-refractivity contribution is -0.113. The molecule has 0 fully saturated rings. The molecule has 2 heterocycles. The Hall–Kier alpha value is -3.18. The average Bonchev–Trinajstić information content (AvgIpc) is 3.11. The van der Waals surface area contributed by atoms with Crippen LogP contribution in [0, 0.1) is 25.2 Å². The molecule has 7 nitrogen and oxygen atoms in total. The Bertz CT molecular complexity index is 1110. The van der Waals surface area contributed by atoms with Crippen LogP contribution in [0.1, 0.15) is 43.5 Å². The number of anilines is 1. The van der Waals surface area contributed by atoms with Crippen molar-refractivity contribution < 1.29 is 4.79 Å². The lowest BCUT2D eigenvalue weighted by Crippen LogP contribution is -2.17. The Morgan fingerprint density at radius 1 is 1.20 bits per heavy atom. The molecule has 1 aromatic carbocycles. The van der Waals surface area contributed by atoms with Crippen LogP contribution in [-0.2, 0) is 10.2 Å². The second-order valence-electron chi connectivity index (χ2n) is 7.90. The van der Waals surface area contributed by atoms with Gasteiger partial charge >= 0.3 is 0 Å². The molecule has 2 aromatic heterocycles. The number of nitriles is 1. The van der Waals surface area contributed by atoms with Gasteiger partial charge in [-0.05, 0) is 26.0 Å². The van der Waals surface area contributed by atoms with Gasteiger partial charge in [-0.1, -0.05) is 50.7 Å². The summed E-state index contributed by atoms with van der Waals surface area (Å²) in [5.74, 6) is 1.10. The van der Waals surface area contributed by atoms with Gasteiger partial charge in [-0.25, -0.2) is 14.6 Å². The van der Waals surface area contributed by atoms with Crippen molar-refractivity contribution in [1.29, 1.82) is 5.26 Å². The predicted octanol–water partition coefficient (Wildman–Crippen LogP) is 4.18. The van der Waals surface area contributed by atoms with Crippen LogP contribution >= 0.6 is 11.8 Å². The van der Waals surface area contributed by atoms with Gasteiger partial charge in [0.15, 0.2) is 0 Å². The van der Waals surface area contributed by atoms with Crippen molar-refractivity contribution in [1.82, 2.24) is 19.7 Å². The Morgan fingerprint density at radius 2 is 1.90 bits per heavy atom. The zero-order chi connectivity index (χ0) is 21.9. The molecule has 0 aliphatic rings. The maximum absolute atomic E-state index is 12.7. The van der Waals surface area contributed by atoms with Crippen LogP contribution in [-0.4, -0.2) is 31.4 Å². The maximum Gasteiger partial charge on any atom is 0.235 e. The molecule has 1 amide bonds. The van der Waals surface area contributed by atoms with E-state index in [0.29, 0.717) is 27.9 Å². The molecule has 3 rings (SSSR count). The van der Waals surface area contributed by atoms with Crippen LogP contribution in [0.25, 0.3) is 5.69 Å². The number of aryl methyl sites for hydroxylation is 2. The number of hydrogen-bond acceptors (Lipinski definition) is 6. The van der Waals surface area contributed by atoms with Gasteiger partial charge in [0.1, 0.15) is 28.3 Å². The molecule has 0 saturated heterocycles. The Morgan fingerprint density at radius 3 is 2.53 bits per heavy atom. The molecule has 30 heavy (non-hydrogen) atoms. The summed E-state index contributed by atoms with van der Waals surface area (Å²) in [7, 11) is 0. The van der Waals surface area contributed by atoms with Crippen molar-refractivity contribution in [3.8, 4) is 11.8 Å². The third-order valence-electron chi connectivity index (χ3n) is 4.37. The number of nitrogens with zero attached hydrogens (tertiary/aromatic N) is 5. The minimum absolute atomic E-state index is 0.120. The van der Waals surface area contributed by atoms with Crippen molar-refractivity contribution in [2.45, 2.75) is 45.1 Å². The van der Waals surface area contributed by atoms with E-state index in [1.54, 1.807) is 18.5 Å². The van der Waals surface area contributed by atoms with Crippen molar-refractivity contribution in [2.24, 2.45) is 0 Å². The van der Waals surface area contributed by atoms with Gasteiger partial charge in [0.05, 0.1) is 22.8 Å². The van der Waals surface area contributed by atoms with Crippen LogP contribution in [0.2, 0.25) is 0 Å². The number of aromatic nitrogens is 4. The van der Waals surface area contributed by atoms with Crippen molar-refractivity contribution in [3.63, 3.8) is 0 Å². The highest BCUT2D eigenvalue weighted by molar-refractivity contribution is 8.00. The van der Waals surface area contributed by atoms with E-state index in [1.807, 2.05) is 36.4 Å². The fourth-order valence-electron chi connectivity index (χ4n) is 2.83. The van der Waals surface area contributed by atoms with Crippen molar-refractivity contribution >= 4 is 23.5 Å². The molecular weight excluding hydrogens is 396 g/mol. The summed E-state index contributed by atoms with van der Waals surface area (Å²) in [6, 6.07) is 13.7. The van der Waals surface area contributed by atoms with Crippen molar-refractivity contribution in [2.75, 3.05) is 11.1 Å². The number of amides is 1. The minimum atomic E-state index is -0.199. The van der Waals surface area contributed by atoms with Gasteiger partial charge < -0.3 is 5.32 Å². The summed E-state index contributed by atoms with van der Waals surface area (Å²) >= 11 is 1.23. The first-order valence-corrected chi connectivity index (χ1v) is 10.5. The summed E-state index contributed by atoms with van der Waals surface area (Å²) in [4.78, 5) is 21.2. The first-order chi connectivity index (χ1) is 14.2. The predicted molar refractivity (Wildman–Crippen MR) is 118 cm³/mol. The molecule has 0 unspecified atom stereocenters. The third kappa shape index (κ3) is 4.86. The molecule has 0 aliphatic carbocycles. The number of thioether (sulfide) groups is 1.